The highest BCUT2D eigenvalue weighted by Gasteiger charge is 2.18. The first-order valence-electron chi connectivity index (χ1n) is 8.76. The zero-order chi connectivity index (χ0) is 21.5. The third kappa shape index (κ3) is 8.23. The fourth-order valence-corrected chi connectivity index (χ4v) is 3.00. The van der Waals surface area contributed by atoms with Crippen LogP contribution in [0.4, 0.5) is 10.1 Å². The van der Waals surface area contributed by atoms with Gasteiger partial charge in [0, 0.05) is 11.8 Å². The molecule has 158 valence electrons. The first-order valence-corrected chi connectivity index (χ1v) is 10.5. The molecule has 0 bridgehead atoms. The third-order valence-corrected chi connectivity index (χ3v) is 4.70. The Kier molecular flexibility index (Phi) is 14.6. The number of aliphatic imine (C=N–C) groups is 1. The van der Waals surface area contributed by atoms with Gasteiger partial charge in [0.1, 0.15) is 5.82 Å². The number of nitrogens with one attached hydrogen (secondary N) is 2. The van der Waals surface area contributed by atoms with Gasteiger partial charge in [0.15, 0.2) is 16.6 Å². The number of hydrogen-bond acceptors (Lipinski definition) is 8. The molecule has 0 aliphatic rings. The standard InChI is InChI=1S/C13H15BrFN5O3S.2C2H6/c1-16-8(5-21)6-24-13-11(19-23-20-13)12(18-22)17-7-2-3-10(15)9(14)4-7;2*1-2/h2-4,8,16,21-22H,5-6H2,1H3,(H,17,18);2*1-2H3/t8-;;/m1../s1. The molecule has 0 aliphatic carbocycles. The van der Waals surface area contributed by atoms with Crippen molar-refractivity contribution in [1.82, 2.24) is 21.1 Å². The summed E-state index contributed by atoms with van der Waals surface area (Å²) in [7, 11) is 1.73. The molecule has 11 heteroatoms. The lowest BCUT2D eigenvalue weighted by atomic mass is 10.3. The number of benzene rings is 1. The fourth-order valence-electron chi connectivity index (χ4n) is 1.64. The molecule has 0 saturated carbocycles. The van der Waals surface area contributed by atoms with E-state index in [1.54, 1.807) is 7.05 Å². The Labute approximate surface area is 177 Å². The number of nitrogens with zero attached hydrogens (tertiary/aromatic N) is 3. The van der Waals surface area contributed by atoms with E-state index < -0.39 is 5.82 Å². The second-order valence-corrected chi connectivity index (χ2v) is 6.43. The van der Waals surface area contributed by atoms with E-state index >= 15 is 0 Å². The highest BCUT2D eigenvalue weighted by molar-refractivity contribution is 9.10. The van der Waals surface area contributed by atoms with Crippen LogP contribution in [-0.2, 0) is 0 Å². The lowest BCUT2D eigenvalue weighted by Crippen LogP contribution is -2.31. The summed E-state index contributed by atoms with van der Waals surface area (Å²) >= 11 is 4.35. The molecule has 0 saturated heterocycles. The second kappa shape index (κ2) is 15.4. The SMILES string of the molecule is CC.CC.CN[C@H](CO)CSc1nonc1C(=Nc1ccc(F)c(Br)c1)NO. The molecule has 1 aromatic heterocycles. The number of aliphatic hydroxyl groups is 1. The molecular weight excluding hydrogens is 453 g/mol. The van der Waals surface area contributed by atoms with Crippen LogP contribution in [0.2, 0.25) is 0 Å². The van der Waals surface area contributed by atoms with Gasteiger partial charge in [-0.2, -0.15) is 0 Å². The van der Waals surface area contributed by atoms with E-state index in [-0.39, 0.29) is 28.7 Å². The quantitative estimate of drug-likeness (QED) is 0.205. The molecule has 0 fully saturated rings. The van der Waals surface area contributed by atoms with Crippen LogP contribution >= 0.6 is 27.7 Å². The maximum atomic E-state index is 13.3. The fraction of sp³-hybridized carbons (Fsp3) is 0.471. The smallest absolute Gasteiger partial charge is 0.186 e. The summed E-state index contributed by atoms with van der Waals surface area (Å²) in [6.45, 7) is 7.97. The first-order chi connectivity index (χ1) is 13.6. The van der Waals surface area contributed by atoms with Gasteiger partial charge in [-0.3, -0.25) is 10.7 Å². The van der Waals surface area contributed by atoms with Crippen LogP contribution in [0, 0.1) is 5.82 Å². The first kappa shape index (κ1) is 26.5. The van der Waals surface area contributed by atoms with E-state index in [2.05, 4.69) is 36.6 Å². The minimum Gasteiger partial charge on any atom is -0.395 e. The average molecular weight is 480 g/mol. The van der Waals surface area contributed by atoms with Crippen molar-refractivity contribution >= 4 is 39.2 Å². The monoisotopic (exact) mass is 479 g/mol. The number of aromatic nitrogens is 2. The zero-order valence-electron chi connectivity index (χ0n) is 16.5. The van der Waals surface area contributed by atoms with Crippen LogP contribution in [0.1, 0.15) is 33.4 Å². The van der Waals surface area contributed by atoms with Gasteiger partial charge in [-0.15, -0.1) is 0 Å². The van der Waals surface area contributed by atoms with E-state index in [0.29, 0.717) is 16.5 Å². The van der Waals surface area contributed by atoms with E-state index in [9.17, 15) is 14.7 Å². The minimum atomic E-state index is -0.422. The van der Waals surface area contributed by atoms with Crippen LogP contribution in [0.5, 0.6) is 0 Å². The summed E-state index contributed by atoms with van der Waals surface area (Å²) in [5.74, 6) is 0.0887. The molecule has 1 aromatic carbocycles. The summed E-state index contributed by atoms with van der Waals surface area (Å²) < 4.78 is 18.2. The number of hydroxylamine groups is 1. The molecule has 4 N–H and O–H groups in total. The number of halogens is 2. The highest BCUT2D eigenvalue weighted by Crippen LogP contribution is 2.24. The Morgan fingerprint density at radius 1 is 1.32 bits per heavy atom. The topological polar surface area (TPSA) is 116 Å². The number of amidine groups is 1. The molecule has 0 aliphatic heterocycles. The van der Waals surface area contributed by atoms with Gasteiger partial charge in [-0.1, -0.05) is 39.5 Å². The van der Waals surface area contributed by atoms with Crippen LogP contribution in [0.3, 0.4) is 0 Å². The largest absolute Gasteiger partial charge is 0.395 e. The average Bonchev–Trinajstić information content (AvgIpc) is 3.21. The number of hydrogen-bond donors (Lipinski definition) is 4. The van der Waals surface area contributed by atoms with E-state index in [4.69, 9.17) is 4.63 Å². The van der Waals surface area contributed by atoms with Crippen LogP contribution in [-0.4, -0.2) is 51.9 Å². The van der Waals surface area contributed by atoms with E-state index in [0.717, 1.165) is 0 Å². The van der Waals surface area contributed by atoms with Crippen molar-refractivity contribution in [2.45, 2.75) is 38.8 Å². The lowest BCUT2D eigenvalue weighted by Gasteiger charge is -2.11. The van der Waals surface area contributed by atoms with Gasteiger partial charge >= 0.3 is 0 Å². The molecule has 2 aromatic rings. The number of aliphatic hydroxyl groups excluding tert-OH is 1. The van der Waals surface area contributed by atoms with Crippen LogP contribution < -0.4 is 10.8 Å². The Morgan fingerprint density at radius 3 is 2.54 bits per heavy atom. The zero-order valence-corrected chi connectivity index (χ0v) is 18.9. The minimum absolute atomic E-state index is 0.00210. The number of likely N-dealkylation sites (N-methyl/N-ethyl adjacent to an activating group) is 1. The number of thioether (sulfide) groups is 1. The van der Waals surface area contributed by atoms with Gasteiger partial charge in [0.25, 0.3) is 0 Å². The van der Waals surface area contributed by atoms with Crippen molar-refractivity contribution in [2.24, 2.45) is 4.99 Å². The van der Waals surface area contributed by atoms with Crippen LogP contribution in [0.25, 0.3) is 0 Å². The molecular formula is C17H27BrFN5O3S. The summed E-state index contributed by atoms with van der Waals surface area (Å²) in [6.07, 6.45) is 0. The Bertz CT molecular complexity index is 714. The Balaban J connectivity index is 0.00000171. The van der Waals surface area contributed by atoms with Crippen molar-refractivity contribution in [3.05, 3.63) is 34.2 Å². The molecule has 28 heavy (non-hydrogen) atoms. The van der Waals surface area contributed by atoms with Crippen molar-refractivity contribution in [3.8, 4) is 0 Å². The molecule has 2 rings (SSSR count). The van der Waals surface area contributed by atoms with E-state index in [1.807, 2.05) is 33.2 Å². The molecule has 1 heterocycles. The maximum Gasteiger partial charge on any atom is 0.186 e. The van der Waals surface area contributed by atoms with Gasteiger partial charge < -0.3 is 10.4 Å². The highest BCUT2D eigenvalue weighted by atomic mass is 79.9. The summed E-state index contributed by atoms with van der Waals surface area (Å²) in [5.41, 5.74) is 2.54. The molecule has 0 amide bonds. The van der Waals surface area contributed by atoms with Crippen molar-refractivity contribution in [2.75, 3.05) is 19.4 Å². The summed E-state index contributed by atoms with van der Waals surface area (Å²) in [4.78, 5) is 4.17. The predicted octanol–water partition coefficient (Wildman–Crippen LogP) is 3.75. The van der Waals surface area contributed by atoms with Crippen molar-refractivity contribution in [3.63, 3.8) is 0 Å². The van der Waals surface area contributed by atoms with Crippen molar-refractivity contribution in [1.29, 1.82) is 0 Å². The van der Waals surface area contributed by atoms with E-state index in [1.165, 1.54) is 30.0 Å². The molecule has 8 nitrogen and oxygen atoms in total. The number of rotatable bonds is 7. The maximum absolute atomic E-state index is 13.3. The summed E-state index contributed by atoms with van der Waals surface area (Å²) in [6, 6.07) is 4.01. The lowest BCUT2D eigenvalue weighted by molar-refractivity contribution is 0.234. The molecule has 1 atom stereocenters. The van der Waals surface area contributed by atoms with Crippen molar-refractivity contribution < 1.29 is 19.3 Å². The normalized spacial score (nSPS) is 11.7. The molecule has 0 unspecified atom stereocenters. The molecule has 0 radical (unpaired) electrons. The third-order valence-electron chi connectivity index (χ3n) is 2.98. The second-order valence-electron chi connectivity index (χ2n) is 4.57. The Hall–Kier alpha value is -1.53. The van der Waals surface area contributed by atoms with Gasteiger partial charge in [0.05, 0.1) is 16.8 Å². The van der Waals surface area contributed by atoms with Gasteiger partial charge in [-0.25, -0.2) is 14.0 Å². The predicted molar refractivity (Wildman–Crippen MR) is 113 cm³/mol. The molecule has 0 spiro atoms. The van der Waals surface area contributed by atoms with Gasteiger partial charge in [-0.05, 0) is 51.5 Å². The summed E-state index contributed by atoms with van der Waals surface area (Å²) in [5, 5.41) is 29.3. The Morgan fingerprint density at radius 2 is 2.00 bits per heavy atom. The van der Waals surface area contributed by atoms with Crippen LogP contribution in [0.15, 0.2) is 37.3 Å². The van der Waals surface area contributed by atoms with Gasteiger partial charge in [0.2, 0.25) is 0 Å².